The Morgan fingerprint density at radius 3 is 2.47 bits per heavy atom. The van der Waals surface area contributed by atoms with E-state index in [-0.39, 0.29) is 11.6 Å². The molecule has 3 heterocycles. The molecule has 3 aromatic heterocycles. The number of hydrogen-bond acceptors (Lipinski definition) is 7. The lowest BCUT2D eigenvalue weighted by Crippen LogP contribution is -2.25. The van der Waals surface area contributed by atoms with E-state index in [1.165, 1.54) is 13.2 Å². The molecule has 154 valence electrons. The molecule has 0 aliphatic rings. The van der Waals surface area contributed by atoms with Crippen LogP contribution in [0.4, 0.5) is 5.69 Å². The lowest BCUT2D eigenvalue weighted by atomic mass is 10.1. The highest BCUT2D eigenvalue weighted by Gasteiger charge is 2.21. The Labute approximate surface area is 175 Å². The average molecular weight is 423 g/mol. The highest BCUT2D eigenvalue weighted by Crippen LogP contribution is 2.36. The Hall–Kier alpha value is -3.51. The summed E-state index contributed by atoms with van der Waals surface area (Å²) in [5, 5.41) is 9.13. The van der Waals surface area contributed by atoms with Gasteiger partial charge >= 0.3 is 0 Å². The van der Waals surface area contributed by atoms with Gasteiger partial charge in [-0.3, -0.25) is 14.3 Å². The van der Waals surface area contributed by atoms with E-state index in [0.29, 0.717) is 28.3 Å². The summed E-state index contributed by atoms with van der Waals surface area (Å²) in [6.07, 6.45) is 4.14. The molecule has 8 nitrogen and oxygen atoms in total. The number of nitriles is 1. The maximum atomic E-state index is 12.1. The first-order valence-electron chi connectivity index (χ1n) is 9.03. The largest absolute Gasteiger partial charge is 0.435 e. The molecule has 0 amide bonds. The van der Waals surface area contributed by atoms with Crippen LogP contribution in [0.15, 0.2) is 36.7 Å². The van der Waals surface area contributed by atoms with Crippen LogP contribution in [0.25, 0.3) is 11.3 Å². The van der Waals surface area contributed by atoms with Crippen LogP contribution in [0.2, 0.25) is 0 Å². The van der Waals surface area contributed by atoms with Crippen molar-refractivity contribution in [2.45, 2.75) is 20.8 Å². The van der Waals surface area contributed by atoms with Crippen LogP contribution in [0.1, 0.15) is 22.5 Å². The molecule has 0 bridgehead atoms. The molecule has 0 N–H and O–H groups in total. The first-order chi connectivity index (χ1) is 14.1. The summed E-state index contributed by atoms with van der Waals surface area (Å²) in [5.41, 5.74) is 4.16. The number of sulfonamides is 1. The standard InChI is InChI=1S/C21H21N5O3S/c1-13-8-14(2)24-15(3)20(13)29-21-19(26(4)30(5,27)28)7-6-18(25-21)17-9-16(10-22)11-23-12-17/h6-9,11-12H,1-5H3. The molecule has 0 atom stereocenters. The maximum Gasteiger partial charge on any atom is 0.244 e. The minimum Gasteiger partial charge on any atom is -0.435 e. The fraction of sp³-hybridized carbons (Fsp3) is 0.238. The Balaban J connectivity index is 2.17. The van der Waals surface area contributed by atoms with Gasteiger partial charge in [-0.2, -0.15) is 5.26 Å². The van der Waals surface area contributed by atoms with Gasteiger partial charge in [0, 0.05) is 30.7 Å². The van der Waals surface area contributed by atoms with Crippen molar-refractivity contribution in [3.63, 3.8) is 0 Å². The third-order valence-electron chi connectivity index (χ3n) is 4.49. The van der Waals surface area contributed by atoms with E-state index in [2.05, 4.69) is 15.0 Å². The van der Waals surface area contributed by atoms with Crippen LogP contribution < -0.4 is 9.04 Å². The fourth-order valence-electron chi connectivity index (χ4n) is 2.99. The van der Waals surface area contributed by atoms with Crippen LogP contribution in [0.5, 0.6) is 11.6 Å². The normalized spacial score (nSPS) is 11.1. The molecule has 9 heteroatoms. The van der Waals surface area contributed by atoms with Crippen molar-refractivity contribution in [2.24, 2.45) is 0 Å². The predicted octanol–water partition coefficient (Wildman–Crippen LogP) is 3.52. The third-order valence-corrected chi connectivity index (χ3v) is 5.69. The minimum atomic E-state index is -3.54. The average Bonchev–Trinajstić information content (AvgIpc) is 2.69. The Morgan fingerprint density at radius 2 is 1.83 bits per heavy atom. The van der Waals surface area contributed by atoms with Crippen LogP contribution in [-0.2, 0) is 10.0 Å². The number of nitrogens with zero attached hydrogens (tertiary/aromatic N) is 5. The molecule has 3 rings (SSSR count). The lowest BCUT2D eigenvalue weighted by Gasteiger charge is -2.21. The molecule has 0 saturated carbocycles. The monoisotopic (exact) mass is 423 g/mol. The second kappa shape index (κ2) is 8.08. The smallest absolute Gasteiger partial charge is 0.244 e. The SMILES string of the molecule is Cc1cc(C)c(Oc2nc(-c3cncc(C#N)c3)ccc2N(C)S(C)(=O)=O)c(C)n1. The molecule has 0 radical (unpaired) electrons. The zero-order valence-electron chi connectivity index (χ0n) is 17.3. The quantitative estimate of drug-likeness (QED) is 0.617. The number of anilines is 1. The van der Waals surface area contributed by atoms with Crippen LogP contribution >= 0.6 is 0 Å². The van der Waals surface area contributed by atoms with Gasteiger partial charge in [0.25, 0.3) is 0 Å². The van der Waals surface area contributed by atoms with Gasteiger partial charge in [-0.05, 0) is 50.6 Å². The minimum absolute atomic E-state index is 0.111. The molecule has 30 heavy (non-hydrogen) atoms. The van der Waals surface area contributed by atoms with Gasteiger partial charge < -0.3 is 4.74 Å². The summed E-state index contributed by atoms with van der Waals surface area (Å²) in [5.74, 6) is 0.622. The molecule has 3 aromatic rings. The molecular weight excluding hydrogens is 402 g/mol. The number of aromatic nitrogens is 3. The van der Waals surface area contributed by atoms with E-state index in [9.17, 15) is 8.42 Å². The van der Waals surface area contributed by atoms with E-state index in [1.807, 2.05) is 32.9 Å². The van der Waals surface area contributed by atoms with Gasteiger partial charge in [-0.15, -0.1) is 0 Å². The summed E-state index contributed by atoms with van der Waals surface area (Å²) < 4.78 is 31.5. The van der Waals surface area contributed by atoms with Gasteiger partial charge in [0.2, 0.25) is 15.9 Å². The number of ether oxygens (including phenoxy) is 1. The third kappa shape index (κ3) is 4.39. The topological polar surface area (TPSA) is 109 Å². The van der Waals surface area contributed by atoms with Crippen LogP contribution in [0.3, 0.4) is 0 Å². The van der Waals surface area contributed by atoms with E-state index < -0.39 is 10.0 Å². The summed E-state index contributed by atoms with van der Waals surface area (Å²) >= 11 is 0. The molecule has 0 aromatic carbocycles. The van der Waals surface area contributed by atoms with Crippen molar-refractivity contribution in [2.75, 3.05) is 17.6 Å². The van der Waals surface area contributed by atoms with E-state index in [0.717, 1.165) is 21.8 Å². The van der Waals surface area contributed by atoms with E-state index in [4.69, 9.17) is 10.00 Å². The molecule has 0 spiro atoms. The van der Waals surface area contributed by atoms with Crippen molar-refractivity contribution in [3.05, 3.63) is 59.2 Å². The molecule has 0 aliphatic heterocycles. The highest BCUT2D eigenvalue weighted by atomic mass is 32.2. The Kier molecular flexibility index (Phi) is 5.71. The van der Waals surface area contributed by atoms with Gasteiger partial charge in [-0.1, -0.05) is 0 Å². The zero-order valence-corrected chi connectivity index (χ0v) is 18.1. The zero-order chi connectivity index (χ0) is 22.1. The maximum absolute atomic E-state index is 12.1. The Bertz CT molecular complexity index is 1240. The van der Waals surface area contributed by atoms with Crippen LogP contribution in [0, 0.1) is 32.1 Å². The van der Waals surface area contributed by atoms with Gasteiger partial charge in [0.15, 0.2) is 5.75 Å². The highest BCUT2D eigenvalue weighted by molar-refractivity contribution is 7.92. The summed E-state index contributed by atoms with van der Waals surface area (Å²) in [7, 11) is -2.11. The molecule has 0 unspecified atom stereocenters. The summed E-state index contributed by atoms with van der Waals surface area (Å²) in [4.78, 5) is 13.0. The lowest BCUT2D eigenvalue weighted by molar-refractivity contribution is 0.454. The van der Waals surface area contributed by atoms with Gasteiger partial charge in [0.1, 0.15) is 11.8 Å². The Morgan fingerprint density at radius 1 is 1.10 bits per heavy atom. The van der Waals surface area contributed by atoms with Crippen molar-refractivity contribution in [3.8, 4) is 29.0 Å². The molecule has 0 saturated heterocycles. The molecule has 0 fully saturated rings. The first-order valence-corrected chi connectivity index (χ1v) is 10.9. The molecular formula is C21H21N5O3S. The predicted molar refractivity (Wildman–Crippen MR) is 114 cm³/mol. The summed E-state index contributed by atoms with van der Waals surface area (Å²) in [6, 6.07) is 8.86. The molecule has 0 aliphatic carbocycles. The number of hydrogen-bond donors (Lipinski definition) is 0. The van der Waals surface area contributed by atoms with Crippen LogP contribution in [-0.4, -0.2) is 36.7 Å². The van der Waals surface area contributed by atoms with Crippen molar-refractivity contribution in [1.29, 1.82) is 5.26 Å². The van der Waals surface area contributed by atoms with E-state index in [1.54, 1.807) is 24.4 Å². The van der Waals surface area contributed by atoms with Crippen molar-refractivity contribution in [1.82, 2.24) is 15.0 Å². The second-order valence-electron chi connectivity index (χ2n) is 6.92. The van der Waals surface area contributed by atoms with E-state index >= 15 is 0 Å². The number of pyridine rings is 3. The second-order valence-corrected chi connectivity index (χ2v) is 8.94. The first kappa shape index (κ1) is 21.2. The van der Waals surface area contributed by atoms with Crippen molar-refractivity contribution >= 4 is 15.7 Å². The summed E-state index contributed by atoms with van der Waals surface area (Å²) in [6.45, 7) is 5.60. The van der Waals surface area contributed by atoms with Gasteiger partial charge in [-0.25, -0.2) is 13.4 Å². The van der Waals surface area contributed by atoms with Crippen molar-refractivity contribution < 1.29 is 13.2 Å². The van der Waals surface area contributed by atoms with Gasteiger partial charge in [0.05, 0.1) is 23.2 Å². The number of rotatable bonds is 5. The number of aryl methyl sites for hydroxylation is 3. The fourth-order valence-corrected chi connectivity index (χ4v) is 3.49.